The molecule has 47 heavy (non-hydrogen) atoms. The molecule has 0 amide bonds. The minimum Gasteiger partial charge on any atom is -0.507 e. The van der Waals surface area contributed by atoms with Crippen LogP contribution in [0.15, 0.2) is 95.5 Å². The molecular weight excluding hydrogens is 598 g/mol. The summed E-state index contributed by atoms with van der Waals surface area (Å²) < 4.78 is 5.27. The quantitative estimate of drug-likeness (QED) is 0.124. The lowest BCUT2D eigenvalue weighted by atomic mass is 9.90. The standard InChI is InChI=1S/C23H16O6.C14H19N3O/c24-20-16(14-7-3-1-5-12(14)9-18(20)22(26)27)11-17-15-8-4-2-6-13(15)10-19(21(17)25)23(28)29;1-3-17(4-2)11-10-13-15-14(16-18-13)12-8-6-5-7-9-12/h1-10,24-25H,11H2,(H,26,27)(H,28,29);5-9H,3-4,10-11H2,1-2H3. The minimum atomic E-state index is -1.28. The number of nitrogens with zero attached hydrogens (tertiary/aromatic N) is 3. The van der Waals surface area contributed by atoms with Gasteiger partial charge in [0, 0.05) is 36.1 Å². The zero-order valence-electron chi connectivity index (χ0n) is 26.1. The second kappa shape index (κ2) is 14.6. The number of carboxylic acid groups (broad SMARTS) is 2. The molecule has 240 valence electrons. The van der Waals surface area contributed by atoms with E-state index in [2.05, 4.69) is 28.9 Å². The number of likely N-dealkylation sites (N-methyl/N-ethyl adjacent to an activating group) is 1. The van der Waals surface area contributed by atoms with E-state index in [1.165, 1.54) is 12.1 Å². The first-order valence-electron chi connectivity index (χ1n) is 15.3. The first-order chi connectivity index (χ1) is 22.7. The van der Waals surface area contributed by atoms with Crippen LogP contribution in [-0.4, -0.2) is 67.0 Å². The highest BCUT2D eigenvalue weighted by Crippen LogP contribution is 2.38. The number of hydrogen-bond donors (Lipinski definition) is 4. The van der Waals surface area contributed by atoms with Gasteiger partial charge in [-0.15, -0.1) is 0 Å². The summed E-state index contributed by atoms with van der Waals surface area (Å²) in [7, 11) is 0. The Morgan fingerprint density at radius 1 is 0.723 bits per heavy atom. The van der Waals surface area contributed by atoms with Crippen LogP contribution >= 0.6 is 0 Å². The summed E-state index contributed by atoms with van der Waals surface area (Å²) in [6, 6.07) is 26.7. The van der Waals surface area contributed by atoms with Crippen LogP contribution in [0.3, 0.4) is 0 Å². The van der Waals surface area contributed by atoms with Crippen molar-refractivity contribution in [2.45, 2.75) is 26.7 Å². The van der Waals surface area contributed by atoms with E-state index in [9.17, 15) is 30.0 Å². The van der Waals surface area contributed by atoms with Crippen LogP contribution in [0.5, 0.6) is 11.5 Å². The van der Waals surface area contributed by atoms with Crippen molar-refractivity contribution in [2.24, 2.45) is 0 Å². The first kappa shape index (κ1) is 32.6. The molecule has 0 saturated heterocycles. The molecule has 4 N–H and O–H groups in total. The Hall–Kier alpha value is -5.74. The van der Waals surface area contributed by atoms with Gasteiger partial charge in [0.15, 0.2) is 0 Å². The van der Waals surface area contributed by atoms with E-state index in [1.807, 2.05) is 30.3 Å². The average Bonchev–Trinajstić information content (AvgIpc) is 3.57. The van der Waals surface area contributed by atoms with Gasteiger partial charge in [0.25, 0.3) is 0 Å². The van der Waals surface area contributed by atoms with Gasteiger partial charge in [0.2, 0.25) is 11.7 Å². The molecule has 0 aliphatic rings. The smallest absolute Gasteiger partial charge is 0.339 e. The number of rotatable bonds is 10. The number of aromatic hydroxyl groups is 2. The molecule has 6 rings (SSSR count). The van der Waals surface area contributed by atoms with Crippen molar-refractivity contribution >= 4 is 33.5 Å². The van der Waals surface area contributed by atoms with Crippen LogP contribution in [-0.2, 0) is 12.8 Å². The van der Waals surface area contributed by atoms with E-state index in [0.717, 1.165) is 31.6 Å². The summed E-state index contributed by atoms with van der Waals surface area (Å²) >= 11 is 0. The van der Waals surface area contributed by atoms with Crippen molar-refractivity contribution in [3.8, 4) is 22.9 Å². The topological polar surface area (TPSA) is 157 Å². The zero-order valence-corrected chi connectivity index (χ0v) is 26.1. The van der Waals surface area contributed by atoms with Crippen LogP contribution in [0, 0.1) is 0 Å². The Morgan fingerprint density at radius 3 is 1.70 bits per heavy atom. The van der Waals surface area contributed by atoms with Crippen molar-refractivity contribution in [3.63, 3.8) is 0 Å². The monoisotopic (exact) mass is 633 g/mol. The van der Waals surface area contributed by atoms with Crippen molar-refractivity contribution in [2.75, 3.05) is 19.6 Å². The highest BCUT2D eigenvalue weighted by molar-refractivity contribution is 6.02. The van der Waals surface area contributed by atoms with Gasteiger partial charge in [-0.3, -0.25) is 0 Å². The van der Waals surface area contributed by atoms with E-state index in [0.29, 0.717) is 44.4 Å². The first-order valence-corrected chi connectivity index (χ1v) is 15.3. The molecule has 0 aliphatic carbocycles. The van der Waals surface area contributed by atoms with Gasteiger partial charge in [-0.2, -0.15) is 4.98 Å². The normalized spacial score (nSPS) is 11.0. The highest BCUT2D eigenvalue weighted by Gasteiger charge is 2.22. The molecule has 0 radical (unpaired) electrons. The van der Waals surface area contributed by atoms with Crippen LogP contribution in [0.25, 0.3) is 32.9 Å². The van der Waals surface area contributed by atoms with Crippen LogP contribution in [0.2, 0.25) is 0 Å². The Morgan fingerprint density at radius 2 is 1.21 bits per heavy atom. The summed E-state index contributed by atoms with van der Waals surface area (Å²) in [5.74, 6) is -1.97. The van der Waals surface area contributed by atoms with Crippen molar-refractivity contribution < 1.29 is 34.5 Å². The average molecular weight is 634 g/mol. The van der Waals surface area contributed by atoms with E-state index in [4.69, 9.17) is 4.52 Å². The van der Waals surface area contributed by atoms with Crippen LogP contribution < -0.4 is 0 Å². The molecular formula is C37H35N3O7. The largest absolute Gasteiger partial charge is 0.507 e. The number of carboxylic acids is 2. The van der Waals surface area contributed by atoms with E-state index >= 15 is 0 Å². The van der Waals surface area contributed by atoms with Crippen molar-refractivity contribution in [1.82, 2.24) is 15.0 Å². The summed E-state index contributed by atoms with van der Waals surface area (Å²) in [6.07, 6.45) is 0.766. The molecule has 1 aromatic heterocycles. The fraction of sp³-hybridized carbons (Fsp3) is 0.189. The molecule has 1 heterocycles. The Kier molecular flexibility index (Phi) is 10.1. The lowest BCUT2D eigenvalue weighted by molar-refractivity contribution is 0.0682. The predicted molar refractivity (Wildman–Crippen MR) is 179 cm³/mol. The molecule has 10 nitrogen and oxygen atoms in total. The van der Waals surface area contributed by atoms with E-state index < -0.39 is 23.4 Å². The second-order valence-electron chi connectivity index (χ2n) is 10.9. The third-order valence-electron chi connectivity index (χ3n) is 8.10. The maximum absolute atomic E-state index is 11.6. The third-order valence-corrected chi connectivity index (χ3v) is 8.10. The number of aromatic carboxylic acids is 2. The maximum atomic E-state index is 11.6. The fourth-order valence-electron chi connectivity index (χ4n) is 5.54. The van der Waals surface area contributed by atoms with E-state index in [1.54, 1.807) is 48.5 Å². The minimum absolute atomic E-state index is 0.0407. The summed E-state index contributed by atoms with van der Waals surface area (Å²) in [6.45, 7) is 7.38. The molecule has 0 aliphatic heterocycles. The van der Waals surface area contributed by atoms with Gasteiger partial charge in [-0.1, -0.05) is 97.9 Å². The van der Waals surface area contributed by atoms with Crippen LogP contribution in [0.1, 0.15) is 51.6 Å². The number of phenols is 2. The summed E-state index contributed by atoms with van der Waals surface area (Å²) in [5, 5.41) is 46.8. The van der Waals surface area contributed by atoms with Gasteiger partial charge in [0.1, 0.15) is 22.6 Å². The Bertz CT molecular complexity index is 1930. The van der Waals surface area contributed by atoms with Crippen LogP contribution in [0.4, 0.5) is 0 Å². The predicted octanol–water partition coefficient (Wildman–Crippen LogP) is 7.01. The summed E-state index contributed by atoms with van der Waals surface area (Å²) in [5.41, 5.74) is 1.11. The lowest BCUT2D eigenvalue weighted by Gasteiger charge is -2.16. The molecule has 6 aromatic rings. The van der Waals surface area contributed by atoms with Gasteiger partial charge in [-0.25, -0.2) is 9.59 Å². The Labute approximate surface area is 271 Å². The number of hydrogen-bond acceptors (Lipinski definition) is 8. The number of fused-ring (bicyclic) bond motifs is 2. The molecule has 10 heteroatoms. The number of carbonyl (C=O) groups is 2. The molecule has 0 fully saturated rings. The third kappa shape index (κ3) is 7.23. The molecule has 0 bridgehead atoms. The maximum Gasteiger partial charge on any atom is 0.339 e. The molecule has 0 spiro atoms. The number of benzene rings is 5. The zero-order chi connectivity index (χ0) is 33.5. The summed E-state index contributed by atoms with van der Waals surface area (Å²) in [4.78, 5) is 30.0. The molecule has 0 saturated carbocycles. The Balaban J connectivity index is 0.000000207. The molecule has 0 atom stereocenters. The molecule has 0 unspecified atom stereocenters. The molecule has 5 aromatic carbocycles. The number of aromatic nitrogens is 2. The SMILES string of the molecule is CCN(CC)CCc1nc(-c2ccccc2)no1.O=C(O)c1cc2ccccc2c(Cc2c(O)c(C(=O)O)cc3ccccc23)c1O. The van der Waals surface area contributed by atoms with Gasteiger partial charge >= 0.3 is 11.9 Å². The highest BCUT2D eigenvalue weighted by atomic mass is 16.5. The van der Waals surface area contributed by atoms with Gasteiger partial charge < -0.3 is 29.8 Å². The fourth-order valence-corrected chi connectivity index (χ4v) is 5.54. The van der Waals surface area contributed by atoms with Crippen molar-refractivity contribution in [1.29, 1.82) is 0 Å². The van der Waals surface area contributed by atoms with Gasteiger partial charge in [0.05, 0.1) is 0 Å². The van der Waals surface area contributed by atoms with Crippen molar-refractivity contribution in [3.05, 3.63) is 119 Å². The second-order valence-corrected chi connectivity index (χ2v) is 10.9. The van der Waals surface area contributed by atoms with Gasteiger partial charge in [-0.05, 0) is 46.8 Å². The lowest BCUT2D eigenvalue weighted by Crippen LogP contribution is -2.25. The van der Waals surface area contributed by atoms with E-state index in [-0.39, 0.29) is 17.5 Å².